The van der Waals surface area contributed by atoms with Crippen molar-refractivity contribution in [3.63, 3.8) is 0 Å². The lowest BCUT2D eigenvalue weighted by molar-refractivity contribution is -0.123. The summed E-state index contributed by atoms with van der Waals surface area (Å²) in [5, 5.41) is 3.32. The number of benzene rings is 1. The number of ether oxygens (including phenoxy) is 2. The Kier molecular flexibility index (Phi) is 5.40. The summed E-state index contributed by atoms with van der Waals surface area (Å²) in [5.74, 6) is 0.960. The van der Waals surface area contributed by atoms with Crippen LogP contribution in [0.15, 0.2) is 42.7 Å². The molecule has 0 atom stereocenters. The number of hydrogen-bond acceptors (Lipinski definition) is 4. The molecular weight excluding hydrogens is 292 g/mol. The Morgan fingerprint density at radius 3 is 3.00 bits per heavy atom. The summed E-state index contributed by atoms with van der Waals surface area (Å²) in [5.41, 5.74) is 0.851. The van der Waals surface area contributed by atoms with Gasteiger partial charge in [-0.25, -0.2) is 0 Å². The second-order valence-electron chi connectivity index (χ2n) is 4.21. The van der Waals surface area contributed by atoms with Gasteiger partial charge in [0.15, 0.2) is 6.61 Å². The second kappa shape index (κ2) is 7.50. The van der Waals surface area contributed by atoms with Gasteiger partial charge in [-0.3, -0.25) is 9.78 Å². The normalized spacial score (nSPS) is 10.0. The Morgan fingerprint density at radius 2 is 2.24 bits per heavy atom. The van der Waals surface area contributed by atoms with Gasteiger partial charge < -0.3 is 14.8 Å². The zero-order valence-corrected chi connectivity index (χ0v) is 12.3. The predicted molar refractivity (Wildman–Crippen MR) is 79.6 cm³/mol. The van der Waals surface area contributed by atoms with E-state index in [1.54, 1.807) is 49.8 Å². The van der Waals surface area contributed by atoms with E-state index in [1.807, 2.05) is 0 Å². The van der Waals surface area contributed by atoms with Crippen LogP contribution in [-0.2, 0) is 11.3 Å². The number of carbonyl (C=O) groups is 1. The number of halogens is 1. The maximum Gasteiger partial charge on any atom is 0.258 e. The standard InChI is InChI=1S/C15H15ClN2O3/c1-20-14-9-17-6-5-11(14)8-18-15(19)10-21-13-4-2-3-12(16)7-13/h2-7,9H,8,10H2,1H3,(H,18,19). The monoisotopic (exact) mass is 306 g/mol. The van der Waals surface area contributed by atoms with Crippen LogP contribution in [0, 0.1) is 0 Å². The zero-order chi connectivity index (χ0) is 15.1. The van der Waals surface area contributed by atoms with Gasteiger partial charge >= 0.3 is 0 Å². The molecule has 0 bridgehead atoms. The summed E-state index contributed by atoms with van der Waals surface area (Å²) in [4.78, 5) is 15.7. The molecule has 1 amide bonds. The second-order valence-corrected chi connectivity index (χ2v) is 4.65. The maximum atomic E-state index is 11.7. The molecule has 0 unspecified atom stereocenters. The van der Waals surface area contributed by atoms with E-state index in [4.69, 9.17) is 21.1 Å². The number of carbonyl (C=O) groups excluding carboxylic acids is 1. The molecule has 1 N–H and O–H groups in total. The van der Waals surface area contributed by atoms with E-state index < -0.39 is 0 Å². The van der Waals surface area contributed by atoms with Gasteiger partial charge in [-0.2, -0.15) is 0 Å². The number of nitrogens with one attached hydrogen (secondary N) is 1. The minimum absolute atomic E-state index is 0.0757. The van der Waals surface area contributed by atoms with Gasteiger partial charge in [-0.05, 0) is 24.3 Å². The van der Waals surface area contributed by atoms with Gasteiger partial charge in [0.25, 0.3) is 5.91 Å². The first-order valence-electron chi connectivity index (χ1n) is 6.31. The Bertz CT molecular complexity index is 619. The van der Waals surface area contributed by atoms with Crippen LogP contribution in [0.3, 0.4) is 0 Å². The summed E-state index contributed by atoms with van der Waals surface area (Å²) in [7, 11) is 1.56. The predicted octanol–water partition coefficient (Wildman–Crippen LogP) is 2.44. The third kappa shape index (κ3) is 4.65. The van der Waals surface area contributed by atoms with Crippen molar-refractivity contribution in [3.05, 3.63) is 53.3 Å². The van der Waals surface area contributed by atoms with E-state index in [9.17, 15) is 4.79 Å². The lowest BCUT2D eigenvalue weighted by Gasteiger charge is -2.10. The summed E-state index contributed by atoms with van der Waals surface area (Å²) in [6, 6.07) is 8.68. The van der Waals surface area contributed by atoms with Crippen molar-refractivity contribution >= 4 is 17.5 Å². The van der Waals surface area contributed by atoms with Gasteiger partial charge in [0.2, 0.25) is 0 Å². The van der Waals surface area contributed by atoms with Gasteiger partial charge in [0.05, 0.1) is 13.3 Å². The summed E-state index contributed by atoms with van der Waals surface area (Å²) in [6.07, 6.45) is 3.25. The fraction of sp³-hybridized carbons (Fsp3) is 0.200. The maximum absolute atomic E-state index is 11.7. The van der Waals surface area contributed by atoms with Gasteiger partial charge in [0, 0.05) is 23.3 Å². The van der Waals surface area contributed by atoms with Crippen molar-refractivity contribution in [1.82, 2.24) is 10.3 Å². The van der Waals surface area contributed by atoms with Gasteiger partial charge in [-0.15, -0.1) is 0 Å². The van der Waals surface area contributed by atoms with E-state index in [0.29, 0.717) is 23.1 Å². The molecule has 110 valence electrons. The van der Waals surface area contributed by atoms with Crippen LogP contribution in [0.5, 0.6) is 11.5 Å². The van der Waals surface area contributed by atoms with Crippen molar-refractivity contribution in [2.45, 2.75) is 6.54 Å². The lowest BCUT2D eigenvalue weighted by Crippen LogP contribution is -2.28. The van der Waals surface area contributed by atoms with E-state index in [-0.39, 0.29) is 12.5 Å². The fourth-order valence-electron chi connectivity index (χ4n) is 1.69. The Morgan fingerprint density at radius 1 is 1.38 bits per heavy atom. The van der Waals surface area contributed by atoms with E-state index >= 15 is 0 Å². The quantitative estimate of drug-likeness (QED) is 0.890. The van der Waals surface area contributed by atoms with Crippen molar-refractivity contribution in [1.29, 1.82) is 0 Å². The third-order valence-electron chi connectivity index (χ3n) is 2.73. The molecule has 0 radical (unpaired) electrons. The SMILES string of the molecule is COc1cnccc1CNC(=O)COc1cccc(Cl)c1. The average Bonchev–Trinajstić information content (AvgIpc) is 2.51. The summed E-state index contributed by atoms with van der Waals surface area (Å²) >= 11 is 5.83. The number of rotatable bonds is 6. The minimum Gasteiger partial charge on any atom is -0.495 e. The molecule has 2 aromatic rings. The molecule has 2 rings (SSSR count). The fourth-order valence-corrected chi connectivity index (χ4v) is 1.87. The number of pyridine rings is 1. The van der Waals surface area contributed by atoms with Crippen LogP contribution >= 0.6 is 11.6 Å². The highest BCUT2D eigenvalue weighted by Gasteiger charge is 2.06. The first kappa shape index (κ1) is 15.1. The van der Waals surface area contributed by atoms with Gasteiger partial charge in [0.1, 0.15) is 11.5 Å². The van der Waals surface area contributed by atoms with Crippen molar-refractivity contribution < 1.29 is 14.3 Å². The molecule has 0 aliphatic rings. The van der Waals surface area contributed by atoms with Crippen molar-refractivity contribution in [2.75, 3.05) is 13.7 Å². The lowest BCUT2D eigenvalue weighted by atomic mass is 10.2. The average molecular weight is 307 g/mol. The zero-order valence-electron chi connectivity index (χ0n) is 11.5. The number of aromatic nitrogens is 1. The number of nitrogens with zero attached hydrogens (tertiary/aromatic N) is 1. The Balaban J connectivity index is 1.82. The molecular formula is C15H15ClN2O3. The molecule has 0 aliphatic carbocycles. The molecule has 0 spiro atoms. The van der Waals surface area contributed by atoms with E-state index in [0.717, 1.165) is 5.56 Å². The Hall–Kier alpha value is -2.27. The first-order valence-corrected chi connectivity index (χ1v) is 6.69. The molecule has 0 saturated carbocycles. The Labute approximate surface area is 127 Å². The third-order valence-corrected chi connectivity index (χ3v) is 2.97. The molecule has 1 heterocycles. The molecule has 1 aromatic heterocycles. The van der Waals surface area contributed by atoms with E-state index in [2.05, 4.69) is 10.3 Å². The van der Waals surface area contributed by atoms with E-state index in [1.165, 1.54) is 0 Å². The highest BCUT2D eigenvalue weighted by atomic mass is 35.5. The van der Waals surface area contributed by atoms with Crippen molar-refractivity contribution in [3.8, 4) is 11.5 Å². The minimum atomic E-state index is -0.228. The molecule has 6 heteroatoms. The molecule has 0 saturated heterocycles. The number of methoxy groups -OCH3 is 1. The molecule has 0 fully saturated rings. The molecule has 1 aromatic carbocycles. The smallest absolute Gasteiger partial charge is 0.258 e. The van der Waals surface area contributed by atoms with Crippen LogP contribution < -0.4 is 14.8 Å². The highest BCUT2D eigenvalue weighted by Crippen LogP contribution is 2.17. The van der Waals surface area contributed by atoms with Crippen molar-refractivity contribution in [2.24, 2.45) is 0 Å². The van der Waals surface area contributed by atoms with Crippen LogP contribution in [0.1, 0.15) is 5.56 Å². The summed E-state index contributed by atoms with van der Waals surface area (Å²) in [6.45, 7) is 0.275. The largest absolute Gasteiger partial charge is 0.495 e. The number of amides is 1. The van der Waals surface area contributed by atoms with Crippen LogP contribution in [0.4, 0.5) is 0 Å². The van der Waals surface area contributed by atoms with Crippen LogP contribution in [0.2, 0.25) is 5.02 Å². The van der Waals surface area contributed by atoms with Gasteiger partial charge in [-0.1, -0.05) is 17.7 Å². The van der Waals surface area contributed by atoms with Crippen LogP contribution in [0.25, 0.3) is 0 Å². The highest BCUT2D eigenvalue weighted by molar-refractivity contribution is 6.30. The molecule has 0 aliphatic heterocycles. The topological polar surface area (TPSA) is 60.5 Å². The molecule has 5 nitrogen and oxygen atoms in total. The van der Waals surface area contributed by atoms with Crippen LogP contribution in [-0.4, -0.2) is 24.6 Å². The summed E-state index contributed by atoms with van der Waals surface area (Å²) < 4.78 is 10.5. The number of hydrogen-bond donors (Lipinski definition) is 1. The first-order chi connectivity index (χ1) is 10.2. The molecule has 21 heavy (non-hydrogen) atoms.